The third-order valence-electron chi connectivity index (χ3n) is 2.72. The van der Waals surface area contributed by atoms with Crippen molar-refractivity contribution in [3.63, 3.8) is 0 Å². The monoisotopic (exact) mass is 313 g/mol. The van der Waals surface area contributed by atoms with E-state index in [-0.39, 0.29) is 6.04 Å². The highest BCUT2D eigenvalue weighted by Crippen LogP contribution is 2.35. The summed E-state index contributed by atoms with van der Waals surface area (Å²) in [5, 5.41) is 9.80. The predicted molar refractivity (Wildman–Crippen MR) is 82.2 cm³/mol. The number of nitrogens with zero attached hydrogens (tertiary/aromatic N) is 2. The Labute approximate surface area is 126 Å². The minimum Gasteiger partial charge on any atom is -0.327 e. The summed E-state index contributed by atoms with van der Waals surface area (Å²) in [7, 11) is 0. The Morgan fingerprint density at radius 1 is 1.42 bits per heavy atom. The van der Waals surface area contributed by atoms with Gasteiger partial charge in [-0.1, -0.05) is 47.7 Å². The molecule has 0 fully saturated rings. The van der Waals surface area contributed by atoms with E-state index in [0.717, 1.165) is 32.1 Å². The first-order chi connectivity index (χ1) is 9.08. The summed E-state index contributed by atoms with van der Waals surface area (Å²) in [6.07, 6.45) is 1.83. The molecule has 0 radical (unpaired) electrons. The van der Waals surface area contributed by atoms with Gasteiger partial charge in [0, 0.05) is 10.9 Å². The van der Waals surface area contributed by atoms with Gasteiger partial charge in [0.1, 0.15) is 5.01 Å². The summed E-state index contributed by atoms with van der Waals surface area (Å²) in [5.41, 5.74) is 7.13. The van der Waals surface area contributed by atoms with Crippen molar-refractivity contribution in [1.82, 2.24) is 10.2 Å². The van der Waals surface area contributed by atoms with Crippen LogP contribution in [-0.2, 0) is 6.42 Å². The van der Waals surface area contributed by atoms with E-state index in [2.05, 4.69) is 23.2 Å². The van der Waals surface area contributed by atoms with Crippen molar-refractivity contribution in [2.45, 2.75) is 42.0 Å². The van der Waals surface area contributed by atoms with Crippen LogP contribution in [0.5, 0.6) is 0 Å². The smallest absolute Gasteiger partial charge is 0.179 e. The minimum absolute atomic E-state index is 0.195. The fourth-order valence-electron chi connectivity index (χ4n) is 1.61. The Balaban J connectivity index is 2.10. The van der Waals surface area contributed by atoms with Crippen molar-refractivity contribution >= 4 is 34.7 Å². The zero-order valence-electron chi connectivity index (χ0n) is 10.9. The molecule has 1 heterocycles. The summed E-state index contributed by atoms with van der Waals surface area (Å²) in [6, 6.07) is 6.30. The van der Waals surface area contributed by atoms with E-state index >= 15 is 0 Å². The number of rotatable bonds is 5. The van der Waals surface area contributed by atoms with Gasteiger partial charge in [0.25, 0.3) is 0 Å². The second-order valence-electron chi connectivity index (χ2n) is 4.33. The normalized spacial score (nSPS) is 12.6. The van der Waals surface area contributed by atoms with Crippen molar-refractivity contribution in [2.24, 2.45) is 5.73 Å². The second kappa shape index (κ2) is 6.70. The molecule has 0 amide bonds. The molecule has 1 unspecified atom stereocenters. The first-order valence-corrected chi connectivity index (χ1v) is 8.11. The first-order valence-electron chi connectivity index (χ1n) is 6.10. The lowest BCUT2D eigenvalue weighted by Gasteiger charge is -2.10. The molecule has 0 saturated carbocycles. The van der Waals surface area contributed by atoms with Gasteiger partial charge in [0.15, 0.2) is 4.34 Å². The lowest BCUT2D eigenvalue weighted by atomic mass is 10.1. The number of hydrogen-bond donors (Lipinski definition) is 1. The van der Waals surface area contributed by atoms with Gasteiger partial charge in [-0.25, -0.2) is 0 Å². The van der Waals surface area contributed by atoms with Crippen LogP contribution in [-0.4, -0.2) is 16.2 Å². The number of nitrogens with two attached hydrogens (primary N) is 1. The lowest BCUT2D eigenvalue weighted by Crippen LogP contribution is -2.21. The second-order valence-corrected chi connectivity index (χ2v) is 7.20. The van der Waals surface area contributed by atoms with E-state index in [1.807, 2.05) is 19.1 Å². The van der Waals surface area contributed by atoms with E-state index < -0.39 is 0 Å². The van der Waals surface area contributed by atoms with Crippen LogP contribution < -0.4 is 5.73 Å². The maximum Gasteiger partial charge on any atom is 0.179 e. The highest BCUT2D eigenvalue weighted by Gasteiger charge is 2.09. The predicted octanol–water partition coefficient (Wildman–Crippen LogP) is 3.93. The van der Waals surface area contributed by atoms with Gasteiger partial charge in [0.05, 0.1) is 5.02 Å². The largest absolute Gasteiger partial charge is 0.327 e. The Bertz CT molecular complexity index is 557. The SMILES string of the molecule is CCC(N)Cc1ccc(Sc2nnc(C)s2)c(Cl)c1. The molecule has 1 atom stereocenters. The average Bonchev–Trinajstić information content (AvgIpc) is 2.78. The van der Waals surface area contributed by atoms with Crippen LogP contribution in [0.25, 0.3) is 0 Å². The lowest BCUT2D eigenvalue weighted by molar-refractivity contribution is 0.646. The van der Waals surface area contributed by atoms with E-state index in [0.29, 0.717) is 0 Å². The summed E-state index contributed by atoms with van der Waals surface area (Å²) < 4.78 is 0.914. The molecule has 6 heteroatoms. The number of benzene rings is 1. The van der Waals surface area contributed by atoms with Crippen LogP contribution in [0.15, 0.2) is 27.4 Å². The molecule has 1 aromatic carbocycles. The zero-order valence-corrected chi connectivity index (χ0v) is 13.3. The average molecular weight is 314 g/mol. The molecule has 0 aliphatic rings. The molecule has 1 aromatic heterocycles. The molecule has 19 heavy (non-hydrogen) atoms. The van der Waals surface area contributed by atoms with E-state index in [4.69, 9.17) is 17.3 Å². The summed E-state index contributed by atoms with van der Waals surface area (Å²) in [4.78, 5) is 1.01. The third-order valence-corrected chi connectivity index (χ3v) is 5.11. The summed E-state index contributed by atoms with van der Waals surface area (Å²) in [5.74, 6) is 0. The van der Waals surface area contributed by atoms with Gasteiger partial charge in [0.2, 0.25) is 0 Å². The first kappa shape index (κ1) is 14.8. The Hall–Kier alpha value is -0.620. The van der Waals surface area contributed by atoms with Gasteiger partial charge in [-0.05, 0) is 37.5 Å². The van der Waals surface area contributed by atoms with E-state index in [1.165, 1.54) is 5.56 Å². The number of aromatic nitrogens is 2. The molecule has 3 nitrogen and oxygen atoms in total. The van der Waals surface area contributed by atoms with Crippen molar-refractivity contribution < 1.29 is 0 Å². The highest BCUT2D eigenvalue weighted by atomic mass is 35.5. The maximum atomic E-state index is 6.31. The van der Waals surface area contributed by atoms with Crippen LogP contribution in [0.1, 0.15) is 23.9 Å². The Morgan fingerprint density at radius 2 is 2.21 bits per heavy atom. The van der Waals surface area contributed by atoms with Crippen molar-refractivity contribution in [3.05, 3.63) is 33.8 Å². The molecular formula is C13H16ClN3S2. The molecular weight excluding hydrogens is 298 g/mol. The number of halogens is 1. The molecule has 0 bridgehead atoms. The Morgan fingerprint density at radius 3 is 2.79 bits per heavy atom. The van der Waals surface area contributed by atoms with Gasteiger partial charge >= 0.3 is 0 Å². The molecule has 2 rings (SSSR count). The van der Waals surface area contributed by atoms with Gasteiger partial charge in [-0.3, -0.25) is 0 Å². The standard InChI is InChI=1S/C13H16ClN3S2/c1-3-10(15)6-9-4-5-12(11(14)7-9)19-13-17-16-8(2)18-13/h4-5,7,10H,3,6,15H2,1-2H3. The summed E-state index contributed by atoms with van der Waals surface area (Å²) in [6.45, 7) is 4.03. The number of aryl methyl sites for hydroxylation is 1. The molecule has 2 aromatic rings. The fraction of sp³-hybridized carbons (Fsp3) is 0.385. The fourth-order valence-corrected chi connectivity index (χ4v) is 3.71. The van der Waals surface area contributed by atoms with Crippen molar-refractivity contribution in [2.75, 3.05) is 0 Å². The molecule has 0 aliphatic carbocycles. The zero-order chi connectivity index (χ0) is 13.8. The van der Waals surface area contributed by atoms with Gasteiger partial charge in [-0.15, -0.1) is 10.2 Å². The van der Waals surface area contributed by atoms with Crippen LogP contribution in [0.4, 0.5) is 0 Å². The molecule has 102 valence electrons. The maximum absolute atomic E-state index is 6.31. The highest BCUT2D eigenvalue weighted by molar-refractivity contribution is 8.01. The molecule has 0 saturated heterocycles. The van der Waals surface area contributed by atoms with E-state index in [9.17, 15) is 0 Å². The Kier molecular flexibility index (Phi) is 5.21. The van der Waals surface area contributed by atoms with Crippen LogP contribution >= 0.6 is 34.7 Å². The number of hydrogen-bond acceptors (Lipinski definition) is 5. The quantitative estimate of drug-likeness (QED) is 0.908. The molecule has 0 spiro atoms. The van der Waals surface area contributed by atoms with Gasteiger partial charge < -0.3 is 5.73 Å². The molecule has 2 N–H and O–H groups in total. The summed E-state index contributed by atoms with van der Waals surface area (Å²) >= 11 is 9.43. The van der Waals surface area contributed by atoms with Gasteiger partial charge in [-0.2, -0.15) is 0 Å². The van der Waals surface area contributed by atoms with Crippen molar-refractivity contribution in [1.29, 1.82) is 0 Å². The third kappa shape index (κ3) is 4.18. The van der Waals surface area contributed by atoms with Crippen LogP contribution in [0.3, 0.4) is 0 Å². The molecule has 0 aliphatic heterocycles. The topological polar surface area (TPSA) is 51.8 Å². The van der Waals surface area contributed by atoms with Crippen LogP contribution in [0.2, 0.25) is 5.02 Å². The minimum atomic E-state index is 0.195. The van der Waals surface area contributed by atoms with Crippen LogP contribution in [0, 0.1) is 6.92 Å². The van der Waals surface area contributed by atoms with Crippen molar-refractivity contribution in [3.8, 4) is 0 Å². The van der Waals surface area contributed by atoms with E-state index in [1.54, 1.807) is 23.1 Å².